The topological polar surface area (TPSA) is 66.5 Å². The Morgan fingerprint density at radius 3 is 2.16 bits per heavy atom. The third-order valence-electron chi connectivity index (χ3n) is 5.24. The highest BCUT2D eigenvalue weighted by molar-refractivity contribution is 7.92. The van der Waals surface area contributed by atoms with Crippen molar-refractivity contribution >= 4 is 27.3 Å². The highest BCUT2D eigenvalue weighted by Crippen LogP contribution is 2.24. The number of nitrogens with one attached hydrogen (secondary N) is 1. The Hall–Kier alpha value is -3.12. The van der Waals surface area contributed by atoms with Crippen LogP contribution >= 0.6 is 0 Å². The van der Waals surface area contributed by atoms with E-state index in [2.05, 4.69) is 5.32 Å². The second-order valence-electron chi connectivity index (χ2n) is 7.72. The molecule has 0 aliphatic rings. The number of anilines is 2. The zero-order valence-corrected chi connectivity index (χ0v) is 19.2. The monoisotopic (exact) mass is 436 g/mol. The van der Waals surface area contributed by atoms with Crippen molar-refractivity contribution in [3.63, 3.8) is 0 Å². The fraction of sp³-hybridized carbons (Fsp3) is 0.240. The summed E-state index contributed by atoms with van der Waals surface area (Å²) in [5, 5.41) is 3.00. The molecule has 0 aliphatic heterocycles. The Balaban J connectivity index is 1.83. The van der Waals surface area contributed by atoms with E-state index in [0.717, 1.165) is 34.4 Å². The molecule has 0 aromatic heterocycles. The third-order valence-corrected chi connectivity index (χ3v) is 6.38. The maximum Gasteiger partial charge on any atom is 0.255 e. The van der Waals surface area contributed by atoms with Crippen LogP contribution in [-0.4, -0.2) is 20.6 Å². The Morgan fingerprint density at radius 2 is 1.58 bits per heavy atom. The van der Waals surface area contributed by atoms with Crippen molar-refractivity contribution in [1.82, 2.24) is 0 Å². The first-order chi connectivity index (χ1) is 14.7. The Morgan fingerprint density at radius 1 is 0.935 bits per heavy atom. The van der Waals surface area contributed by atoms with Gasteiger partial charge in [-0.3, -0.25) is 9.10 Å². The lowest BCUT2D eigenvalue weighted by Crippen LogP contribution is -2.29. The maximum absolute atomic E-state index is 12.8. The fourth-order valence-electron chi connectivity index (χ4n) is 3.43. The number of hydrogen-bond acceptors (Lipinski definition) is 3. The van der Waals surface area contributed by atoms with Gasteiger partial charge in [-0.25, -0.2) is 8.42 Å². The zero-order valence-electron chi connectivity index (χ0n) is 18.3. The predicted octanol–water partition coefficient (Wildman–Crippen LogP) is 5.08. The van der Waals surface area contributed by atoms with E-state index in [1.807, 2.05) is 63.2 Å². The van der Waals surface area contributed by atoms with Gasteiger partial charge >= 0.3 is 0 Å². The molecule has 0 spiro atoms. The summed E-state index contributed by atoms with van der Waals surface area (Å²) in [7, 11) is -3.49. The van der Waals surface area contributed by atoms with E-state index in [1.54, 1.807) is 24.3 Å². The predicted molar refractivity (Wildman–Crippen MR) is 127 cm³/mol. The van der Waals surface area contributed by atoms with E-state index < -0.39 is 10.0 Å². The summed E-state index contributed by atoms with van der Waals surface area (Å²) >= 11 is 0. The van der Waals surface area contributed by atoms with Crippen molar-refractivity contribution in [2.75, 3.05) is 15.9 Å². The number of benzene rings is 3. The maximum atomic E-state index is 12.8. The van der Waals surface area contributed by atoms with Gasteiger partial charge in [0.25, 0.3) is 5.91 Å². The van der Waals surface area contributed by atoms with Crippen LogP contribution in [0.2, 0.25) is 0 Å². The van der Waals surface area contributed by atoms with Gasteiger partial charge in [0.1, 0.15) is 0 Å². The lowest BCUT2D eigenvalue weighted by atomic mass is 10.1. The third kappa shape index (κ3) is 5.52. The van der Waals surface area contributed by atoms with E-state index in [1.165, 1.54) is 10.6 Å². The first-order valence-electron chi connectivity index (χ1n) is 10.2. The summed E-state index contributed by atoms with van der Waals surface area (Å²) < 4.78 is 26.2. The molecule has 0 heterocycles. The molecule has 0 unspecified atom stereocenters. The highest BCUT2D eigenvalue weighted by Gasteiger charge is 2.19. The van der Waals surface area contributed by atoms with Crippen LogP contribution in [0.1, 0.15) is 39.5 Å². The van der Waals surface area contributed by atoms with Crippen molar-refractivity contribution in [2.24, 2.45) is 0 Å². The van der Waals surface area contributed by atoms with Crippen LogP contribution < -0.4 is 9.62 Å². The second-order valence-corrected chi connectivity index (χ2v) is 9.63. The molecule has 0 radical (unpaired) electrons. The van der Waals surface area contributed by atoms with Gasteiger partial charge < -0.3 is 5.32 Å². The molecule has 0 atom stereocenters. The normalized spacial score (nSPS) is 11.2. The van der Waals surface area contributed by atoms with E-state index in [9.17, 15) is 13.2 Å². The molecule has 5 nitrogen and oxygen atoms in total. The molecule has 31 heavy (non-hydrogen) atoms. The van der Waals surface area contributed by atoms with Crippen LogP contribution in [0.3, 0.4) is 0 Å². The molecular weight excluding hydrogens is 408 g/mol. The fourth-order valence-corrected chi connectivity index (χ4v) is 4.31. The lowest BCUT2D eigenvalue weighted by molar-refractivity contribution is 0.102. The molecule has 0 bridgehead atoms. The summed E-state index contributed by atoms with van der Waals surface area (Å²) in [5.74, 6) is -0.222. The first kappa shape index (κ1) is 22.6. The van der Waals surface area contributed by atoms with Crippen molar-refractivity contribution in [2.45, 2.75) is 33.7 Å². The van der Waals surface area contributed by atoms with Gasteiger partial charge in [-0.2, -0.15) is 0 Å². The number of para-hydroxylation sites is 1. The molecule has 162 valence electrons. The van der Waals surface area contributed by atoms with Crippen molar-refractivity contribution in [1.29, 1.82) is 0 Å². The molecule has 1 amide bonds. The average molecular weight is 437 g/mol. The van der Waals surface area contributed by atoms with E-state index in [-0.39, 0.29) is 12.5 Å². The van der Waals surface area contributed by atoms with Gasteiger partial charge in [-0.15, -0.1) is 0 Å². The molecule has 3 aromatic carbocycles. The molecular formula is C25H28N2O3S. The molecule has 1 N–H and O–H groups in total. The van der Waals surface area contributed by atoms with E-state index in [4.69, 9.17) is 0 Å². The lowest BCUT2D eigenvalue weighted by Gasteiger charge is -2.23. The van der Waals surface area contributed by atoms with Crippen LogP contribution in [0.5, 0.6) is 0 Å². The smallest absolute Gasteiger partial charge is 0.255 e. The zero-order chi connectivity index (χ0) is 22.6. The molecule has 3 aromatic rings. The van der Waals surface area contributed by atoms with Crippen LogP contribution in [0, 0.1) is 13.8 Å². The van der Waals surface area contributed by atoms with Crippen LogP contribution in [-0.2, 0) is 23.0 Å². The standard InChI is InChI=1S/C25H28N2O3S/c1-5-21-8-6-7-19(3)24(21)26-25(28)22-13-15-23(16-14-22)27(31(4,29)30)17-20-11-9-18(2)10-12-20/h6-16H,5,17H2,1-4H3,(H,26,28). The minimum Gasteiger partial charge on any atom is -0.321 e. The van der Waals surface area contributed by atoms with Gasteiger partial charge in [0, 0.05) is 11.3 Å². The molecule has 0 saturated heterocycles. The van der Waals surface area contributed by atoms with Crippen molar-refractivity contribution < 1.29 is 13.2 Å². The number of hydrogen-bond donors (Lipinski definition) is 1. The quantitative estimate of drug-likeness (QED) is 0.561. The Bertz CT molecular complexity index is 1170. The number of rotatable bonds is 7. The average Bonchev–Trinajstić information content (AvgIpc) is 2.74. The van der Waals surface area contributed by atoms with Gasteiger partial charge in [-0.05, 0) is 61.2 Å². The summed E-state index contributed by atoms with van der Waals surface area (Å²) in [4.78, 5) is 12.8. The van der Waals surface area contributed by atoms with Gasteiger partial charge in [0.05, 0.1) is 18.5 Å². The summed E-state index contributed by atoms with van der Waals surface area (Å²) in [6.07, 6.45) is 2.00. The minimum atomic E-state index is -3.49. The van der Waals surface area contributed by atoms with Crippen molar-refractivity contribution in [3.05, 3.63) is 94.5 Å². The summed E-state index contributed by atoms with van der Waals surface area (Å²) in [5.41, 5.74) is 5.91. The summed E-state index contributed by atoms with van der Waals surface area (Å²) in [6, 6.07) is 20.3. The number of aryl methyl sites for hydroxylation is 3. The molecule has 0 fully saturated rings. The SMILES string of the molecule is CCc1cccc(C)c1NC(=O)c1ccc(N(Cc2ccc(C)cc2)S(C)(=O)=O)cc1. The largest absolute Gasteiger partial charge is 0.321 e. The Kier molecular flexibility index (Phi) is 6.81. The highest BCUT2D eigenvalue weighted by atomic mass is 32.2. The van der Waals surface area contributed by atoms with E-state index in [0.29, 0.717) is 11.3 Å². The Labute approximate surface area is 184 Å². The van der Waals surface area contributed by atoms with E-state index >= 15 is 0 Å². The number of carbonyl (C=O) groups is 1. The number of amides is 1. The number of carbonyl (C=O) groups excluding carboxylic acids is 1. The molecule has 0 saturated carbocycles. The molecule has 3 rings (SSSR count). The van der Waals surface area contributed by atoms with Crippen LogP contribution in [0.4, 0.5) is 11.4 Å². The molecule has 6 heteroatoms. The minimum absolute atomic E-state index is 0.222. The van der Waals surface area contributed by atoms with Crippen LogP contribution in [0.25, 0.3) is 0 Å². The summed E-state index contributed by atoms with van der Waals surface area (Å²) in [6.45, 7) is 6.23. The van der Waals surface area contributed by atoms with Gasteiger partial charge in [-0.1, -0.05) is 55.0 Å². The van der Waals surface area contributed by atoms with Crippen LogP contribution in [0.15, 0.2) is 66.7 Å². The number of sulfonamides is 1. The number of nitrogens with zero attached hydrogens (tertiary/aromatic N) is 1. The second kappa shape index (κ2) is 9.35. The van der Waals surface area contributed by atoms with Crippen molar-refractivity contribution in [3.8, 4) is 0 Å². The first-order valence-corrected chi connectivity index (χ1v) is 12.1. The van der Waals surface area contributed by atoms with Gasteiger partial charge in [0.15, 0.2) is 0 Å². The van der Waals surface area contributed by atoms with Gasteiger partial charge in [0.2, 0.25) is 10.0 Å². The molecule has 0 aliphatic carbocycles.